The Balaban J connectivity index is 1.22. The maximum absolute atomic E-state index is 12.6. The van der Waals surface area contributed by atoms with E-state index >= 15 is 0 Å². The minimum atomic E-state index is 0.191. The minimum Gasteiger partial charge on any atom is -0.326 e. The van der Waals surface area contributed by atoms with Crippen molar-refractivity contribution < 1.29 is 4.79 Å². The van der Waals surface area contributed by atoms with Crippen LogP contribution in [0.5, 0.6) is 0 Å². The van der Waals surface area contributed by atoms with Gasteiger partial charge in [0, 0.05) is 18.0 Å². The maximum atomic E-state index is 12.6. The van der Waals surface area contributed by atoms with E-state index < -0.39 is 0 Å². The summed E-state index contributed by atoms with van der Waals surface area (Å²) in [5, 5.41) is 7.63. The van der Waals surface area contributed by atoms with Gasteiger partial charge in [0.15, 0.2) is 0 Å². The average Bonchev–Trinajstić information content (AvgIpc) is 3.21. The van der Waals surface area contributed by atoms with Crippen LogP contribution in [0.3, 0.4) is 0 Å². The molecule has 2 N–H and O–H groups in total. The van der Waals surface area contributed by atoms with Crippen LogP contribution in [-0.2, 0) is 11.2 Å². The molecule has 1 atom stereocenters. The first kappa shape index (κ1) is 16.9. The molecule has 1 aliphatic heterocycles. The lowest BCUT2D eigenvalue weighted by molar-refractivity contribution is -0.118. The second-order valence-corrected chi connectivity index (χ2v) is 8.92. The number of piperidine rings is 1. The van der Waals surface area contributed by atoms with Crippen molar-refractivity contribution in [2.45, 2.75) is 25.7 Å². The predicted octanol–water partition coefficient (Wildman–Crippen LogP) is 4.22. The molecule has 4 nitrogen and oxygen atoms in total. The Bertz CT molecular complexity index is 940. The Morgan fingerprint density at radius 2 is 1.93 bits per heavy atom. The first-order valence-electron chi connectivity index (χ1n) is 9.67. The molecule has 138 valence electrons. The van der Waals surface area contributed by atoms with Gasteiger partial charge in [-0.2, -0.15) is 0 Å². The molecule has 5 rings (SSSR count). The third-order valence-corrected chi connectivity index (χ3v) is 7.06. The van der Waals surface area contributed by atoms with Crippen molar-refractivity contribution in [2.75, 3.05) is 18.4 Å². The Morgan fingerprint density at radius 3 is 2.70 bits per heavy atom. The second kappa shape index (κ2) is 6.73. The zero-order valence-electron chi connectivity index (χ0n) is 15.2. The molecule has 1 aromatic heterocycles. The van der Waals surface area contributed by atoms with Crippen molar-refractivity contribution in [1.29, 1.82) is 0 Å². The number of amides is 1. The average molecular weight is 378 g/mol. The van der Waals surface area contributed by atoms with Gasteiger partial charge in [0.1, 0.15) is 0 Å². The number of anilines is 1. The highest BCUT2D eigenvalue weighted by Gasteiger charge is 2.57. The van der Waals surface area contributed by atoms with E-state index in [9.17, 15) is 4.79 Å². The quantitative estimate of drug-likeness (QED) is 0.716. The van der Waals surface area contributed by atoms with Crippen LogP contribution in [0.1, 0.15) is 29.8 Å². The first-order valence-corrected chi connectivity index (χ1v) is 10.5. The molecule has 2 heterocycles. The van der Waals surface area contributed by atoms with Crippen molar-refractivity contribution in [2.24, 2.45) is 11.3 Å². The molecule has 0 bridgehead atoms. The molecule has 5 heteroatoms. The van der Waals surface area contributed by atoms with Crippen molar-refractivity contribution in [3.63, 3.8) is 0 Å². The van der Waals surface area contributed by atoms with Crippen molar-refractivity contribution in [3.05, 3.63) is 59.1 Å². The van der Waals surface area contributed by atoms with E-state index in [1.54, 1.807) is 11.3 Å². The summed E-state index contributed by atoms with van der Waals surface area (Å²) in [4.78, 5) is 17.3. The number of nitrogens with one attached hydrogen (secondary N) is 2. The van der Waals surface area contributed by atoms with Gasteiger partial charge in [-0.05, 0) is 67.6 Å². The number of carbonyl (C=O) groups is 1. The van der Waals surface area contributed by atoms with Gasteiger partial charge < -0.3 is 10.6 Å². The van der Waals surface area contributed by atoms with Gasteiger partial charge >= 0.3 is 0 Å². The molecular formula is C22H23N3OS. The van der Waals surface area contributed by atoms with Gasteiger partial charge in [0.2, 0.25) is 5.91 Å². The largest absolute Gasteiger partial charge is 0.326 e. The van der Waals surface area contributed by atoms with Gasteiger partial charge in [-0.3, -0.25) is 4.79 Å². The van der Waals surface area contributed by atoms with Crippen molar-refractivity contribution >= 4 is 33.1 Å². The van der Waals surface area contributed by atoms with Crippen LogP contribution in [0.15, 0.2) is 48.5 Å². The number of benzene rings is 2. The zero-order valence-corrected chi connectivity index (χ0v) is 16.0. The number of aromatic nitrogens is 1. The lowest BCUT2D eigenvalue weighted by Gasteiger charge is -2.23. The maximum Gasteiger partial charge on any atom is 0.228 e. The summed E-state index contributed by atoms with van der Waals surface area (Å²) in [5.41, 5.74) is 3.46. The summed E-state index contributed by atoms with van der Waals surface area (Å²) in [6.07, 6.45) is 4.14. The Morgan fingerprint density at radius 1 is 1.15 bits per heavy atom. The SMILES string of the molecule is O=C(Nc1ccc(Cc2nc3ccccc3s2)cc1)C1CC12CCNCC2. The highest BCUT2D eigenvalue weighted by molar-refractivity contribution is 7.18. The molecule has 1 unspecified atom stereocenters. The van der Waals surface area contributed by atoms with E-state index in [0.717, 1.165) is 55.0 Å². The summed E-state index contributed by atoms with van der Waals surface area (Å²) in [6, 6.07) is 16.5. The van der Waals surface area contributed by atoms with Crippen LogP contribution >= 0.6 is 11.3 Å². The number of nitrogens with zero attached hydrogens (tertiary/aromatic N) is 1. The molecule has 27 heavy (non-hydrogen) atoms. The number of thiazole rings is 1. The smallest absolute Gasteiger partial charge is 0.228 e. The lowest BCUT2D eigenvalue weighted by Crippen LogP contribution is -2.31. The Kier molecular flexibility index (Phi) is 4.21. The molecule has 2 aromatic carbocycles. The van der Waals surface area contributed by atoms with Crippen LogP contribution in [0.25, 0.3) is 10.2 Å². The van der Waals surface area contributed by atoms with E-state index in [-0.39, 0.29) is 17.2 Å². The van der Waals surface area contributed by atoms with E-state index in [1.165, 1.54) is 10.3 Å². The number of fused-ring (bicyclic) bond motifs is 1. The molecule has 1 saturated heterocycles. The molecular weight excluding hydrogens is 354 g/mol. The Hall–Kier alpha value is -2.24. The molecule has 2 fully saturated rings. The summed E-state index contributed by atoms with van der Waals surface area (Å²) in [5.74, 6) is 0.387. The normalized spacial score (nSPS) is 20.7. The third kappa shape index (κ3) is 3.37. The van der Waals surface area contributed by atoms with Crippen LogP contribution < -0.4 is 10.6 Å². The van der Waals surface area contributed by atoms with Crippen LogP contribution in [-0.4, -0.2) is 24.0 Å². The number of rotatable bonds is 4. The molecule has 1 saturated carbocycles. The molecule has 2 aliphatic rings. The van der Waals surface area contributed by atoms with Gasteiger partial charge in [-0.15, -0.1) is 11.3 Å². The van der Waals surface area contributed by atoms with Gasteiger partial charge in [-0.25, -0.2) is 4.98 Å². The molecule has 1 spiro atoms. The first-order chi connectivity index (χ1) is 13.2. The minimum absolute atomic E-state index is 0.191. The summed E-state index contributed by atoms with van der Waals surface area (Å²) in [6.45, 7) is 2.09. The summed E-state index contributed by atoms with van der Waals surface area (Å²) >= 11 is 1.75. The fraction of sp³-hybridized carbons (Fsp3) is 0.364. The predicted molar refractivity (Wildman–Crippen MR) is 110 cm³/mol. The number of hydrogen-bond donors (Lipinski definition) is 2. The number of hydrogen-bond acceptors (Lipinski definition) is 4. The zero-order chi connectivity index (χ0) is 18.3. The van der Waals surface area contributed by atoms with Crippen LogP contribution in [0.2, 0.25) is 0 Å². The Labute approximate surface area is 163 Å². The fourth-order valence-corrected chi connectivity index (χ4v) is 5.30. The number of carbonyl (C=O) groups excluding carboxylic acids is 1. The summed E-state index contributed by atoms with van der Waals surface area (Å²) in [7, 11) is 0. The van der Waals surface area contributed by atoms with Crippen LogP contribution in [0.4, 0.5) is 5.69 Å². The monoisotopic (exact) mass is 377 g/mol. The molecule has 0 radical (unpaired) electrons. The third-order valence-electron chi connectivity index (χ3n) is 6.02. The highest BCUT2D eigenvalue weighted by atomic mass is 32.1. The molecule has 1 aliphatic carbocycles. The van der Waals surface area contributed by atoms with Crippen molar-refractivity contribution in [3.8, 4) is 0 Å². The summed E-state index contributed by atoms with van der Waals surface area (Å²) < 4.78 is 1.23. The topological polar surface area (TPSA) is 54.0 Å². The van der Waals surface area contributed by atoms with E-state index in [1.807, 2.05) is 18.2 Å². The van der Waals surface area contributed by atoms with Crippen molar-refractivity contribution in [1.82, 2.24) is 10.3 Å². The van der Waals surface area contributed by atoms with E-state index in [0.29, 0.717) is 0 Å². The van der Waals surface area contributed by atoms with Crippen LogP contribution in [0, 0.1) is 11.3 Å². The highest BCUT2D eigenvalue weighted by Crippen LogP contribution is 2.58. The standard InChI is InChI=1S/C22H23N3OS/c26-21(17-14-22(17)9-11-23-12-10-22)24-16-7-5-15(6-8-16)13-20-25-18-3-1-2-4-19(18)27-20/h1-8,17,23H,9-14H2,(H,24,26). The van der Waals surface area contributed by atoms with E-state index in [4.69, 9.17) is 4.98 Å². The van der Waals surface area contributed by atoms with E-state index in [2.05, 4.69) is 41.0 Å². The van der Waals surface area contributed by atoms with Gasteiger partial charge in [0.25, 0.3) is 0 Å². The molecule has 1 amide bonds. The molecule has 3 aromatic rings. The van der Waals surface area contributed by atoms with Gasteiger partial charge in [0.05, 0.1) is 15.2 Å². The lowest BCUT2D eigenvalue weighted by atomic mass is 9.92. The van der Waals surface area contributed by atoms with Gasteiger partial charge in [-0.1, -0.05) is 24.3 Å². The second-order valence-electron chi connectivity index (χ2n) is 7.81. The number of para-hydroxylation sites is 1. The fourth-order valence-electron chi connectivity index (χ4n) is 4.30.